The van der Waals surface area contributed by atoms with Gasteiger partial charge in [0.25, 0.3) is 5.91 Å². The number of nitrogens with one attached hydrogen (secondary N) is 1. The van der Waals surface area contributed by atoms with Crippen molar-refractivity contribution in [3.63, 3.8) is 0 Å². The highest BCUT2D eigenvalue weighted by Crippen LogP contribution is 2.15. The summed E-state index contributed by atoms with van der Waals surface area (Å²) in [5.41, 5.74) is 3.05. The fourth-order valence-corrected chi connectivity index (χ4v) is 3.57. The Bertz CT molecular complexity index is 1230. The van der Waals surface area contributed by atoms with Gasteiger partial charge in [-0.1, -0.05) is 24.3 Å². The maximum Gasteiger partial charge on any atom is 0.335 e. The van der Waals surface area contributed by atoms with E-state index in [0.717, 1.165) is 11.1 Å². The van der Waals surface area contributed by atoms with Crippen molar-refractivity contribution < 1.29 is 29.3 Å². The molecule has 2 aromatic carbocycles. The molecule has 1 aromatic heterocycles. The van der Waals surface area contributed by atoms with E-state index in [1.807, 2.05) is 24.3 Å². The number of carboxylic acid groups (broad SMARTS) is 2. The molecule has 182 valence electrons. The molecule has 3 rings (SSSR count). The SMILES string of the molecule is COc1cccc(CNC(=O)c2cc(CN(CC(=O)O)Cc3ccc(C(=O)O)c(C)c3)ncn2)c1. The smallest absolute Gasteiger partial charge is 0.335 e. The standard InChI is InChI=1S/C25H26N4O6/c1-16-8-18(6-7-21(16)25(33)34)12-29(14-23(30)31)13-19-10-22(28-15-27-19)24(32)26-11-17-4-3-5-20(9-17)35-2/h3-10,15H,11-14H2,1-2H3,(H,26,32)(H,30,31)(H,33,34). The number of rotatable bonds is 11. The van der Waals surface area contributed by atoms with Crippen LogP contribution in [-0.2, 0) is 24.4 Å². The molecular weight excluding hydrogens is 452 g/mol. The number of aryl methyl sites for hydroxylation is 1. The molecule has 0 unspecified atom stereocenters. The highest BCUT2D eigenvalue weighted by molar-refractivity contribution is 5.92. The van der Waals surface area contributed by atoms with Gasteiger partial charge >= 0.3 is 11.9 Å². The summed E-state index contributed by atoms with van der Waals surface area (Å²) in [6, 6.07) is 13.7. The first-order valence-electron chi connectivity index (χ1n) is 10.7. The first-order valence-corrected chi connectivity index (χ1v) is 10.7. The first kappa shape index (κ1) is 25.3. The highest BCUT2D eigenvalue weighted by Gasteiger charge is 2.16. The van der Waals surface area contributed by atoms with Crippen LogP contribution in [0.4, 0.5) is 0 Å². The number of hydrogen-bond donors (Lipinski definition) is 3. The number of carboxylic acids is 2. The van der Waals surface area contributed by atoms with Gasteiger partial charge < -0.3 is 20.3 Å². The Labute approximate surface area is 202 Å². The topological polar surface area (TPSA) is 142 Å². The number of amides is 1. The molecule has 0 spiro atoms. The molecule has 1 heterocycles. The molecule has 10 nitrogen and oxygen atoms in total. The quantitative estimate of drug-likeness (QED) is 0.379. The number of nitrogens with zero attached hydrogens (tertiary/aromatic N) is 3. The zero-order valence-electron chi connectivity index (χ0n) is 19.4. The minimum Gasteiger partial charge on any atom is -0.497 e. The summed E-state index contributed by atoms with van der Waals surface area (Å²) in [7, 11) is 1.57. The first-order chi connectivity index (χ1) is 16.7. The van der Waals surface area contributed by atoms with Crippen molar-refractivity contribution >= 4 is 17.8 Å². The number of hydrogen-bond acceptors (Lipinski definition) is 7. The molecular formula is C25H26N4O6. The minimum atomic E-state index is -1.02. The van der Waals surface area contributed by atoms with Crippen LogP contribution in [0.5, 0.6) is 5.75 Å². The van der Waals surface area contributed by atoms with Gasteiger partial charge in [0, 0.05) is 19.6 Å². The van der Waals surface area contributed by atoms with Crippen LogP contribution in [-0.4, -0.2) is 56.6 Å². The van der Waals surface area contributed by atoms with Crippen molar-refractivity contribution in [3.05, 3.63) is 88.5 Å². The molecule has 0 radical (unpaired) electrons. The van der Waals surface area contributed by atoms with E-state index in [2.05, 4.69) is 15.3 Å². The Hall–Kier alpha value is -4.31. The second-order valence-corrected chi connectivity index (χ2v) is 7.92. The number of carbonyl (C=O) groups excluding carboxylic acids is 1. The van der Waals surface area contributed by atoms with Crippen molar-refractivity contribution in [2.24, 2.45) is 0 Å². The lowest BCUT2D eigenvalue weighted by Gasteiger charge is -2.20. The third kappa shape index (κ3) is 7.34. The Morgan fingerprint density at radius 2 is 1.80 bits per heavy atom. The van der Waals surface area contributed by atoms with Crippen LogP contribution < -0.4 is 10.1 Å². The molecule has 0 saturated heterocycles. The number of aliphatic carboxylic acids is 1. The second-order valence-electron chi connectivity index (χ2n) is 7.92. The number of carbonyl (C=O) groups is 3. The molecule has 35 heavy (non-hydrogen) atoms. The van der Waals surface area contributed by atoms with Gasteiger partial charge in [-0.05, 0) is 47.9 Å². The fraction of sp³-hybridized carbons (Fsp3) is 0.240. The van der Waals surface area contributed by atoms with E-state index in [1.165, 1.54) is 18.5 Å². The van der Waals surface area contributed by atoms with E-state index >= 15 is 0 Å². The molecule has 10 heteroatoms. The zero-order valence-corrected chi connectivity index (χ0v) is 19.4. The van der Waals surface area contributed by atoms with Gasteiger partial charge in [-0.3, -0.25) is 14.5 Å². The van der Waals surface area contributed by atoms with Crippen LogP contribution in [0.25, 0.3) is 0 Å². The maximum absolute atomic E-state index is 12.6. The Balaban J connectivity index is 1.69. The van der Waals surface area contributed by atoms with Crippen molar-refractivity contribution in [2.75, 3.05) is 13.7 Å². The lowest BCUT2D eigenvalue weighted by molar-refractivity contribution is -0.138. The monoisotopic (exact) mass is 478 g/mol. The fourth-order valence-electron chi connectivity index (χ4n) is 3.57. The average molecular weight is 479 g/mol. The number of aromatic carboxylic acids is 1. The summed E-state index contributed by atoms with van der Waals surface area (Å²) in [6.45, 7) is 2.13. The summed E-state index contributed by atoms with van der Waals surface area (Å²) in [4.78, 5) is 45.1. The van der Waals surface area contributed by atoms with Crippen LogP contribution in [0.2, 0.25) is 0 Å². The van der Waals surface area contributed by atoms with E-state index < -0.39 is 11.9 Å². The zero-order chi connectivity index (χ0) is 25.4. The summed E-state index contributed by atoms with van der Waals surface area (Å²) < 4.78 is 5.19. The molecule has 1 amide bonds. The molecule has 0 fully saturated rings. The van der Waals surface area contributed by atoms with Gasteiger partial charge in [0.1, 0.15) is 17.8 Å². The van der Waals surface area contributed by atoms with Crippen molar-refractivity contribution in [3.8, 4) is 5.75 Å². The lowest BCUT2D eigenvalue weighted by atomic mass is 10.0. The highest BCUT2D eigenvalue weighted by atomic mass is 16.5. The molecule has 0 aliphatic carbocycles. The van der Waals surface area contributed by atoms with Crippen molar-refractivity contribution in [1.82, 2.24) is 20.2 Å². The van der Waals surface area contributed by atoms with Gasteiger partial charge in [0.15, 0.2) is 0 Å². The van der Waals surface area contributed by atoms with Gasteiger partial charge in [-0.25, -0.2) is 14.8 Å². The lowest BCUT2D eigenvalue weighted by Crippen LogP contribution is -2.30. The van der Waals surface area contributed by atoms with Gasteiger partial charge in [0.2, 0.25) is 0 Å². The summed E-state index contributed by atoms with van der Waals surface area (Å²) in [5, 5.41) is 21.4. The maximum atomic E-state index is 12.6. The van der Waals surface area contributed by atoms with Crippen molar-refractivity contribution in [1.29, 1.82) is 0 Å². The Kier molecular flexibility index (Phi) is 8.47. The van der Waals surface area contributed by atoms with Crippen LogP contribution in [0.15, 0.2) is 54.9 Å². The molecule has 0 bridgehead atoms. The van der Waals surface area contributed by atoms with Crippen molar-refractivity contribution in [2.45, 2.75) is 26.6 Å². The Morgan fingerprint density at radius 3 is 2.49 bits per heavy atom. The summed E-state index contributed by atoms with van der Waals surface area (Å²) in [6.07, 6.45) is 1.26. The second kappa shape index (κ2) is 11.7. The molecule has 0 saturated carbocycles. The predicted molar refractivity (Wildman–Crippen MR) is 126 cm³/mol. The molecule has 0 aliphatic heterocycles. The van der Waals surface area contributed by atoms with Gasteiger partial charge in [-0.2, -0.15) is 0 Å². The molecule has 3 N–H and O–H groups in total. The van der Waals surface area contributed by atoms with Crippen LogP contribution >= 0.6 is 0 Å². The Morgan fingerprint density at radius 1 is 1.00 bits per heavy atom. The third-order valence-corrected chi connectivity index (χ3v) is 5.22. The summed E-state index contributed by atoms with van der Waals surface area (Å²) in [5.74, 6) is -1.74. The van der Waals surface area contributed by atoms with E-state index in [-0.39, 0.29) is 43.3 Å². The van der Waals surface area contributed by atoms with Gasteiger partial charge in [0.05, 0.1) is 24.9 Å². The largest absolute Gasteiger partial charge is 0.497 e. The van der Waals surface area contributed by atoms with E-state index in [9.17, 15) is 24.6 Å². The number of methoxy groups -OCH3 is 1. The number of ether oxygens (including phenoxy) is 1. The van der Waals surface area contributed by atoms with Crippen LogP contribution in [0, 0.1) is 6.92 Å². The van der Waals surface area contributed by atoms with Crippen LogP contribution in [0.1, 0.15) is 43.2 Å². The van der Waals surface area contributed by atoms with E-state index in [1.54, 1.807) is 31.1 Å². The molecule has 0 aliphatic rings. The average Bonchev–Trinajstić information content (AvgIpc) is 2.82. The van der Waals surface area contributed by atoms with Gasteiger partial charge in [-0.15, -0.1) is 0 Å². The normalized spacial score (nSPS) is 10.7. The third-order valence-electron chi connectivity index (χ3n) is 5.22. The number of benzene rings is 2. The summed E-state index contributed by atoms with van der Waals surface area (Å²) >= 11 is 0. The molecule has 0 atom stereocenters. The van der Waals surface area contributed by atoms with E-state index in [4.69, 9.17) is 4.74 Å². The van der Waals surface area contributed by atoms with Crippen LogP contribution in [0.3, 0.4) is 0 Å². The van der Waals surface area contributed by atoms with E-state index in [0.29, 0.717) is 17.0 Å². The predicted octanol–water partition coefficient (Wildman–Crippen LogP) is 2.51. The number of aromatic nitrogens is 2. The molecule has 3 aromatic rings. The minimum absolute atomic E-state index is 0.157.